The number of nitrogens with zero attached hydrogens (tertiary/aromatic N) is 2. The van der Waals surface area contributed by atoms with E-state index in [9.17, 15) is 4.79 Å². The van der Waals surface area contributed by atoms with Crippen molar-refractivity contribution in [1.82, 2.24) is 9.78 Å². The fraction of sp³-hybridized carbons (Fsp3) is 0.467. The Morgan fingerprint density at radius 3 is 2.80 bits per heavy atom. The number of amides is 1. The number of aryl methyl sites for hydroxylation is 1. The molecular weight excluding hydrogens is 270 g/mol. The molecule has 0 saturated heterocycles. The molecule has 0 spiro atoms. The molecule has 2 heterocycles. The Labute approximate surface area is 123 Å². The third-order valence-corrected chi connectivity index (χ3v) is 3.92. The van der Waals surface area contributed by atoms with Crippen molar-refractivity contribution in [2.75, 3.05) is 5.32 Å². The molecule has 108 valence electrons. The monoisotopic (exact) mass is 291 g/mol. The lowest BCUT2D eigenvalue weighted by atomic mass is 10.2. The van der Waals surface area contributed by atoms with Gasteiger partial charge in [0.2, 0.25) is 0 Å². The summed E-state index contributed by atoms with van der Waals surface area (Å²) in [4.78, 5) is 13.3. The van der Waals surface area contributed by atoms with Gasteiger partial charge in [0, 0.05) is 16.8 Å². The van der Waals surface area contributed by atoms with Crippen LogP contribution in [0.25, 0.3) is 0 Å². The number of carbonyl (C=O) groups excluding carboxylic acids is 1. The van der Waals surface area contributed by atoms with E-state index < -0.39 is 0 Å². The molecule has 0 bridgehead atoms. The second-order valence-corrected chi connectivity index (χ2v) is 6.45. The summed E-state index contributed by atoms with van der Waals surface area (Å²) in [5.74, 6) is 0.469. The van der Waals surface area contributed by atoms with Gasteiger partial charge in [-0.3, -0.25) is 9.48 Å². The fourth-order valence-electron chi connectivity index (χ4n) is 2.15. The zero-order valence-corrected chi connectivity index (χ0v) is 13.3. The molecule has 0 radical (unpaired) electrons. The Morgan fingerprint density at radius 1 is 1.50 bits per heavy atom. The molecule has 0 atom stereocenters. The van der Waals surface area contributed by atoms with Gasteiger partial charge in [-0.05, 0) is 25.3 Å². The van der Waals surface area contributed by atoms with Gasteiger partial charge in [0.25, 0.3) is 5.91 Å². The van der Waals surface area contributed by atoms with Crippen LogP contribution in [0.15, 0.2) is 17.6 Å². The second-order valence-electron chi connectivity index (χ2n) is 5.33. The van der Waals surface area contributed by atoms with E-state index in [2.05, 4.69) is 31.2 Å². The van der Waals surface area contributed by atoms with Gasteiger partial charge in [0.05, 0.1) is 23.1 Å². The number of carbonyl (C=O) groups is 1. The molecule has 0 saturated carbocycles. The molecule has 0 aliphatic carbocycles. The predicted molar refractivity (Wildman–Crippen MR) is 83.5 cm³/mol. The molecule has 2 aromatic heterocycles. The highest BCUT2D eigenvalue weighted by Crippen LogP contribution is 2.20. The van der Waals surface area contributed by atoms with Crippen LogP contribution in [-0.4, -0.2) is 15.7 Å². The molecule has 4 nitrogen and oxygen atoms in total. The molecule has 20 heavy (non-hydrogen) atoms. The molecule has 0 fully saturated rings. The summed E-state index contributed by atoms with van der Waals surface area (Å²) in [7, 11) is 0. The third-order valence-electron chi connectivity index (χ3n) is 3.06. The SMILES string of the molecule is CCc1c(NC(=O)c2csc(C)c2)cnn1CC(C)C. The average molecular weight is 291 g/mol. The average Bonchev–Trinajstić information content (AvgIpc) is 2.96. The van der Waals surface area contributed by atoms with E-state index in [1.54, 1.807) is 17.5 Å². The summed E-state index contributed by atoms with van der Waals surface area (Å²) in [5.41, 5.74) is 2.62. The number of hydrogen-bond donors (Lipinski definition) is 1. The Morgan fingerprint density at radius 2 is 2.25 bits per heavy atom. The minimum Gasteiger partial charge on any atom is -0.319 e. The van der Waals surface area contributed by atoms with Gasteiger partial charge in [-0.25, -0.2) is 0 Å². The summed E-state index contributed by atoms with van der Waals surface area (Å²) >= 11 is 1.59. The summed E-state index contributed by atoms with van der Waals surface area (Å²) in [6.07, 6.45) is 2.60. The number of thiophene rings is 1. The summed E-state index contributed by atoms with van der Waals surface area (Å²) < 4.78 is 1.99. The molecule has 0 aliphatic rings. The normalized spacial score (nSPS) is 11.1. The number of nitrogens with one attached hydrogen (secondary N) is 1. The minimum atomic E-state index is -0.0619. The van der Waals surface area contributed by atoms with Gasteiger partial charge in [0.1, 0.15) is 0 Å². The molecule has 1 amide bonds. The first-order valence-electron chi connectivity index (χ1n) is 6.92. The van der Waals surface area contributed by atoms with Crippen molar-refractivity contribution < 1.29 is 4.79 Å². The predicted octanol–water partition coefficient (Wildman–Crippen LogP) is 3.72. The van der Waals surface area contributed by atoms with Crippen molar-refractivity contribution in [2.45, 2.75) is 40.7 Å². The second kappa shape index (κ2) is 6.22. The topological polar surface area (TPSA) is 46.9 Å². The Balaban J connectivity index is 2.17. The van der Waals surface area contributed by atoms with E-state index in [1.807, 2.05) is 23.1 Å². The van der Waals surface area contributed by atoms with Gasteiger partial charge in [-0.15, -0.1) is 11.3 Å². The highest BCUT2D eigenvalue weighted by atomic mass is 32.1. The zero-order valence-electron chi connectivity index (χ0n) is 12.4. The van der Waals surface area contributed by atoms with Crippen molar-refractivity contribution in [3.05, 3.63) is 33.8 Å². The molecule has 2 aromatic rings. The van der Waals surface area contributed by atoms with E-state index >= 15 is 0 Å². The highest BCUT2D eigenvalue weighted by Gasteiger charge is 2.14. The summed E-state index contributed by atoms with van der Waals surface area (Å²) in [6.45, 7) is 9.27. The maximum absolute atomic E-state index is 12.2. The first kappa shape index (κ1) is 14.8. The molecule has 1 N–H and O–H groups in total. The summed E-state index contributed by atoms with van der Waals surface area (Å²) in [6, 6.07) is 1.91. The van der Waals surface area contributed by atoms with Gasteiger partial charge < -0.3 is 5.32 Å². The van der Waals surface area contributed by atoms with Gasteiger partial charge in [-0.1, -0.05) is 20.8 Å². The quantitative estimate of drug-likeness (QED) is 0.912. The van der Waals surface area contributed by atoms with Crippen molar-refractivity contribution in [3.8, 4) is 0 Å². The van der Waals surface area contributed by atoms with E-state index in [0.29, 0.717) is 11.5 Å². The van der Waals surface area contributed by atoms with Crippen LogP contribution in [0.1, 0.15) is 41.7 Å². The Bertz CT molecular complexity index is 598. The van der Waals surface area contributed by atoms with Crippen LogP contribution in [0, 0.1) is 12.8 Å². The van der Waals surface area contributed by atoms with Crippen LogP contribution >= 0.6 is 11.3 Å². The van der Waals surface area contributed by atoms with E-state index in [1.165, 1.54) is 0 Å². The molecule has 0 unspecified atom stereocenters. The smallest absolute Gasteiger partial charge is 0.256 e. The number of aromatic nitrogens is 2. The molecular formula is C15H21N3OS. The third kappa shape index (κ3) is 3.28. The first-order valence-corrected chi connectivity index (χ1v) is 7.80. The largest absolute Gasteiger partial charge is 0.319 e. The highest BCUT2D eigenvalue weighted by molar-refractivity contribution is 7.10. The molecule has 0 aliphatic heterocycles. The van der Waals surface area contributed by atoms with Crippen LogP contribution < -0.4 is 5.32 Å². The van der Waals surface area contributed by atoms with Crippen molar-refractivity contribution in [2.24, 2.45) is 5.92 Å². The minimum absolute atomic E-state index is 0.0619. The Kier molecular flexibility index (Phi) is 4.60. The van der Waals surface area contributed by atoms with Crippen LogP contribution in [-0.2, 0) is 13.0 Å². The van der Waals surface area contributed by atoms with Crippen LogP contribution in [0.3, 0.4) is 0 Å². The fourth-order valence-corrected chi connectivity index (χ4v) is 2.83. The van der Waals surface area contributed by atoms with Gasteiger partial charge in [-0.2, -0.15) is 5.10 Å². The molecule has 2 rings (SSSR count). The molecule has 5 heteroatoms. The van der Waals surface area contributed by atoms with Crippen molar-refractivity contribution >= 4 is 22.9 Å². The lowest BCUT2D eigenvalue weighted by Gasteiger charge is -2.10. The van der Waals surface area contributed by atoms with Gasteiger partial charge >= 0.3 is 0 Å². The van der Waals surface area contributed by atoms with Gasteiger partial charge in [0.15, 0.2) is 0 Å². The number of rotatable bonds is 5. The number of anilines is 1. The van der Waals surface area contributed by atoms with E-state index in [0.717, 1.165) is 29.2 Å². The van der Waals surface area contributed by atoms with Crippen LogP contribution in [0.2, 0.25) is 0 Å². The first-order chi connectivity index (χ1) is 9.51. The maximum atomic E-state index is 12.2. The standard InChI is InChI=1S/C15H21N3OS/c1-5-14-13(7-16-18(14)8-10(2)3)17-15(19)12-6-11(4)20-9-12/h6-7,9-10H,5,8H2,1-4H3,(H,17,19). The zero-order chi connectivity index (χ0) is 14.7. The Hall–Kier alpha value is -1.62. The summed E-state index contributed by atoms with van der Waals surface area (Å²) in [5, 5.41) is 9.24. The van der Waals surface area contributed by atoms with Crippen molar-refractivity contribution in [3.63, 3.8) is 0 Å². The van der Waals surface area contributed by atoms with E-state index in [-0.39, 0.29) is 5.91 Å². The maximum Gasteiger partial charge on any atom is 0.256 e. The lowest BCUT2D eigenvalue weighted by Crippen LogP contribution is -2.14. The molecule has 0 aromatic carbocycles. The van der Waals surface area contributed by atoms with Crippen LogP contribution in [0.4, 0.5) is 5.69 Å². The lowest BCUT2D eigenvalue weighted by molar-refractivity contribution is 0.102. The van der Waals surface area contributed by atoms with E-state index in [4.69, 9.17) is 0 Å². The van der Waals surface area contributed by atoms with Crippen molar-refractivity contribution in [1.29, 1.82) is 0 Å². The number of hydrogen-bond acceptors (Lipinski definition) is 3. The van der Waals surface area contributed by atoms with Crippen LogP contribution in [0.5, 0.6) is 0 Å².